The molecule has 6 unspecified atom stereocenters. The van der Waals surface area contributed by atoms with Gasteiger partial charge in [0, 0.05) is 26.4 Å². The van der Waals surface area contributed by atoms with E-state index in [-0.39, 0.29) is 45.4 Å². The Morgan fingerprint density at radius 3 is 2.52 bits per heavy atom. The third kappa shape index (κ3) is 9.49. The lowest BCUT2D eigenvalue weighted by Crippen LogP contribution is -2.66. The number of carbonyl (C=O) groups is 3. The van der Waals surface area contributed by atoms with Gasteiger partial charge in [-0.05, 0) is 0 Å². The lowest BCUT2D eigenvalue weighted by atomic mass is 9.87. The highest BCUT2D eigenvalue weighted by Gasteiger charge is 2.51. The van der Waals surface area contributed by atoms with Crippen molar-refractivity contribution < 1.29 is 58.5 Å². The summed E-state index contributed by atoms with van der Waals surface area (Å²) >= 11 is 0. The molecule has 0 saturated carbocycles. The maximum Gasteiger partial charge on any atom is 0.306 e. The molecule has 13 heteroatoms. The fourth-order valence-corrected chi connectivity index (χ4v) is 3.30. The van der Waals surface area contributed by atoms with E-state index >= 15 is 0 Å². The van der Waals surface area contributed by atoms with Crippen molar-refractivity contribution in [2.24, 2.45) is 0 Å². The van der Waals surface area contributed by atoms with Gasteiger partial charge in [0.15, 0.2) is 0 Å². The van der Waals surface area contributed by atoms with Crippen LogP contribution in [0.4, 0.5) is 0 Å². The second-order valence-corrected chi connectivity index (χ2v) is 7.49. The number of hydrogen-bond acceptors (Lipinski definition) is 12. The Balaban J connectivity index is 2.67. The number of nitrogens with one attached hydrogen (secondary N) is 1. The van der Waals surface area contributed by atoms with Crippen LogP contribution in [0.1, 0.15) is 32.6 Å². The fraction of sp³-hybridized carbons (Fsp3) is 0.850. The highest BCUT2D eigenvalue weighted by molar-refractivity contribution is 5.81. The van der Waals surface area contributed by atoms with Gasteiger partial charge in [-0.15, -0.1) is 0 Å². The zero-order valence-electron chi connectivity index (χ0n) is 18.9. The summed E-state index contributed by atoms with van der Waals surface area (Å²) in [5, 5.41) is 42.5. The lowest BCUT2D eigenvalue weighted by Gasteiger charge is -2.47. The van der Waals surface area contributed by atoms with E-state index in [1.54, 1.807) is 6.92 Å². The second kappa shape index (κ2) is 15.1. The molecule has 0 aromatic heterocycles. The van der Waals surface area contributed by atoms with E-state index < -0.39 is 54.7 Å². The zero-order valence-corrected chi connectivity index (χ0v) is 18.9. The first-order valence-corrected chi connectivity index (χ1v) is 10.7. The molecule has 1 rings (SSSR count). The molecule has 192 valence electrons. The number of amides is 1. The van der Waals surface area contributed by atoms with Crippen molar-refractivity contribution in [1.29, 1.82) is 0 Å². The SMILES string of the molecule is CCC1(OC=O)CC(O)C(NC(=O)CCC(=O)OCCOCCOC)C(C(O)C(O)CO)O1. The summed E-state index contributed by atoms with van der Waals surface area (Å²) in [4.78, 5) is 35.0. The summed E-state index contributed by atoms with van der Waals surface area (Å²) < 4.78 is 25.6. The van der Waals surface area contributed by atoms with Gasteiger partial charge < -0.3 is 49.4 Å². The Kier molecular flexibility index (Phi) is 13.4. The van der Waals surface area contributed by atoms with Crippen molar-refractivity contribution in [1.82, 2.24) is 5.32 Å². The molecule has 13 nitrogen and oxygen atoms in total. The van der Waals surface area contributed by atoms with Crippen LogP contribution in [0.3, 0.4) is 0 Å². The third-order valence-electron chi connectivity index (χ3n) is 5.17. The Morgan fingerprint density at radius 2 is 1.91 bits per heavy atom. The van der Waals surface area contributed by atoms with Gasteiger partial charge in [-0.1, -0.05) is 6.92 Å². The predicted molar refractivity (Wildman–Crippen MR) is 110 cm³/mol. The monoisotopic (exact) mass is 481 g/mol. The van der Waals surface area contributed by atoms with Crippen LogP contribution in [0.15, 0.2) is 0 Å². The Labute approximate surface area is 191 Å². The number of carbonyl (C=O) groups excluding carboxylic acids is 3. The summed E-state index contributed by atoms with van der Waals surface area (Å²) in [6.07, 6.45) is -6.74. The summed E-state index contributed by atoms with van der Waals surface area (Å²) in [5.74, 6) is -2.86. The average molecular weight is 481 g/mol. The summed E-state index contributed by atoms with van der Waals surface area (Å²) in [5.41, 5.74) is 0. The quantitative estimate of drug-likeness (QED) is 0.0894. The number of esters is 1. The molecule has 0 aromatic rings. The molecule has 0 aliphatic carbocycles. The van der Waals surface area contributed by atoms with Crippen LogP contribution in [-0.4, -0.2) is 115 Å². The molecule has 6 atom stereocenters. The van der Waals surface area contributed by atoms with Crippen molar-refractivity contribution in [3.63, 3.8) is 0 Å². The standard InChI is InChI=1S/C20H35NO12/c1-3-20(32-12-23)10-13(24)17(19(33-20)18(28)14(25)11-22)21-15(26)4-5-16(27)31-9-8-30-7-6-29-2/h12-14,17-19,22,24-25,28H,3-11H2,1-2H3,(H,21,26). The van der Waals surface area contributed by atoms with Gasteiger partial charge in [0.1, 0.15) is 24.9 Å². The number of aliphatic hydroxyl groups excluding tert-OH is 4. The summed E-state index contributed by atoms with van der Waals surface area (Å²) in [6.45, 7) is 1.91. The van der Waals surface area contributed by atoms with Crippen LogP contribution in [0.5, 0.6) is 0 Å². The molecule has 0 bridgehead atoms. The molecule has 0 radical (unpaired) electrons. The highest BCUT2D eigenvalue weighted by Crippen LogP contribution is 2.34. The van der Waals surface area contributed by atoms with E-state index in [9.17, 15) is 29.7 Å². The Bertz CT molecular complexity index is 606. The average Bonchev–Trinajstić information content (AvgIpc) is 2.80. The van der Waals surface area contributed by atoms with E-state index in [1.807, 2.05) is 0 Å². The molecule has 1 saturated heterocycles. The topological polar surface area (TPSA) is 190 Å². The van der Waals surface area contributed by atoms with Crippen molar-refractivity contribution >= 4 is 18.3 Å². The molecule has 5 N–H and O–H groups in total. The molecule has 0 aromatic carbocycles. The molecule has 33 heavy (non-hydrogen) atoms. The number of rotatable bonds is 16. The molecule has 1 aliphatic heterocycles. The zero-order chi connectivity index (χ0) is 24.9. The maximum absolute atomic E-state index is 12.4. The van der Waals surface area contributed by atoms with Crippen molar-refractivity contribution in [2.45, 2.75) is 68.9 Å². The first-order chi connectivity index (χ1) is 15.7. The van der Waals surface area contributed by atoms with Gasteiger partial charge in [-0.25, -0.2) is 0 Å². The first-order valence-electron chi connectivity index (χ1n) is 10.7. The molecular formula is C20H35NO12. The Morgan fingerprint density at radius 1 is 1.21 bits per heavy atom. The number of hydrogen-bond donors (Lipinski definition) is 5. The Hall–Kier alpha value is -1.87. The minimum absolute atomic E-state index is 0.0164. The smallest absolute Gasteiger partial charge is 0.306 e. The summed E-state index contributed by atoms with van der Waals surface area (Å²) in [6, 6.07) is -1.21. The number of aliphatic hydroxyl groups is 4. The van der Waals surface area contributed by atoms with Crippen LogP contribution >= 0.6 is 0 Å². The van der Waals surface area contributed by atoms with Crippen molar-refractivity contribution in [3.8, 4) is 0 Å². The van der Waals surface area contributed by atoms with Gasteiger partial charge in [0.25, 0.3) is 6.47 Å². The van der Waals surface area contributed by atoms with E-state index in [1.165, 1.54) is 7.11 Å². The molecule has 0 spiro atoms. The van der Waals surface area contributed by atoms with Crippen LogP contribution in [0.2, 0.25) is 0 Å². The van der Waals surface area contributed by atoms with E-state index in [0.717, 1.165) is 0 Å². The largest absolute Gasteiger partial charge is 0.463 e. The summed E-state index contributed by atoms with van der Waals surface area (Å²) in [7, 11) is 1.53. The van der Waals surface area contributed by atoms with Crippen LogP contribution in [0.25, 0.3) is 0 Å². The number of ether oxygens (including phenoxy) is 5. The first kappa shape index (κ1) is 29.2. The van der Waals surface area contributed by atoms with E-state index in [0.29, 0.717) is 13.2 Å². The number of methoxy groups -OCH3 is 1. The van der Waals surface area contributed by atoms with Gasteiger partial charge >= 0.3 is 5.97 Å². The highest BCUT2D eigenvalue weighted by atomic mass is 16.7. The van der Waals surface area contributed by atoms with Crippen molar-refractivity contribution in [2.75, 3.05) is 40.1 Å². The minimum atomic E-state index is -1.72. The maximum atomic E-state index is 12.4. The van der Waals surface area contributed by atoms with E-state index in [2.05, 4.69) is 5.32 Å². The second-order valence-electron chi connectivity index (χ2n) is 7.49. The van der Waals surface area contributed by atoms with Crippen LogP contribution < -0.4 is 5.32 Å². The normalized spacial score (nSPS) is 26.8. The van der Waals surface area contributed by atoms with Gasteiger partial charge in [-0.3, -0.25) is 14.4 Å². The lowest BCUT2D eigenvalue weighted by molar-refractivity contribution is -0.303. The van der Waals surface area contributed by atoms with Crippen LogP contribution in [-0.2, 0) is 38.1 Å². The molecule has 1 amide bonds. The molecule has 1 fully saturated rings. The molecule has 1 heterocycles. The van der Waals surface area contributed by atoms with Crippen LogP contribution in [0, 0.1) is 0 Å². The third-order valence-corrected chi connectivity index (χ3v) is 5.17. The molecular weight excluding hydrogens is 446 g/mol. The van der Waals surface area contributed by atoms with Crippen molar-refractivity contribution in [3.05, 3.63) is 0 Å². The van der Waals surface area contributed by atoms with Gasteiger partial charge in [-0.2, -0.15) is 0 Å². The van der Waals surface area contributed by atoms with Gasteiger partial charge in [0.05, 0.1) is 45.0 Å². The minimum Gasteiger partial charge on any atom is -0.463 e. The van der Waals surface area contributed by atoms with E-state index in [4.69, 9.17) is 28.8 Å². The van der Waals surface area contributed by atoms with Gasteiger partial charge in [0.2, 0.25) is 11.7 Å². The molecule has 1 aliphatic rings. The fourth-order valence-electron chi connectivity index (χ4n) is 3.30. The predicted octanol–water partition coefficient (Wildman–Crippen LogP) is -2.40.